The van der Waals surface area contributed by atoms with Crippen LogP contribution in [0, 0.1) is 0 Å². The van der Waals surface area contributed by atoms with Crippen molar-refractivity contribution < 1.29 is 19.0 Å². The normalized spacial score (nSPS) is 12.1. The minimum Gasteiger partial charge on any atom is -0.493 e. The van der Waals surface area contributed by atoms with Crippen LogP contribution in [0.4, 0.5) is 10.5 Å². The first-order chi connectivity index (χ1) is 12.8. The van der Waals surface area contributed by atoms with Crippen molar-refractivity contribution in [1.29, 1.82) is 0 Å². The summed E-state index contributed by atoms with van der Waals surface area (Å²) in [6, 6.07) is 15.0. The Balaban J connectivity index is 2.11. The zero-order valence-electron chi connectivity index (χ0n) is 16.3. The Morgan fingerprint density at radius 3 is 2.44 bits per heavy atom. The number of hydrogen-bond acceptors (Lipinski definition) is 5. The Bertz CT molecular complexity index is 756. The van der Waals surface area contributed by atoms with Gasteiger partial charge in [0.2, 0.25) is 0 Å². The molecule has 1 unspecified atom stereocenters. The van der Waals surface area contributed by atoms with Gasteiger partial charge < -0.3 is 25.3 Å². The maximum atomic E-state index is 12.0. The lowest BCUT2D eigenvalue weighted by molar-refractivity contribution is 0.0500. The van der Waals surface area contributed by atoms with E-state index in [1.165, 1.54) is 0 Å². The van der Waals surface area contributed by atoms with Crippen LogP contribution in [0.25, 0.3) is 0 Å². The van der Waals surface area contributed by atoms with Crippen LogP contribution < -0.4 is 20.5 Å². The molecule has 3 N–H and O–H groups in total. The lowest BCUT2D eigenvalue weighted by atomic mass is 10.1. The summed E-state index contributed by atoms with van der Waals surface area (Å²) in [6.45, 7) is 5.74. The largest absolute Gasteiger partial charge is 0.493 e. The number of benzene rings is 2. The summed E-state index contributed by atoms with van der Waals surface area (Å²) >= 11 is 0. The summed E-state index contributed by atoms with van der Waals surface area (Å²) in [5, 5.41) is 2.77. The van der Waals surface area contributed by atoms with Gasteiger partial charge in [-0.3, -0.25) is 0 Å². The summed E-state index contributed by atoms with van der Waals surface area (Å²) in [6.07, 6.45) is -0.238. The molecular weight excluding hydrogens is 344 g/mol. The van der Waals surface area contributed by atoms with E-state index in [1.54, 1.807) is 7.11 Å². The number of para-hydroxylation sites is 2. The standard InChI is InChI=1S/C21H28N2O4/c1-21(2,3)27-20(24)23-14-17(13-15-8-7-9-16(22)12-15)26-19-11-6-5-10-18(19)25-4/h5-12,17H,13-14,22H2,1-4H3,(H,23,24). The van der Waals surface area contributed by atoms with E-state index in [0.29, 0.717) is 23.6 Å². The molecule has 6 heteroatoms. The minimum atomic E-state index is -0.559. The molecule has 2 aromatic rings. The first-order valence-electron chi connectivity index (χ1n) is 8.88. The molecule has 0 radical (unpaired) electrons. The van der Waals surface area contributed by atoms with Gasteiger partial charge in [-0.25, -0.2) is 4.79 Å². The van der Waals surface area contributed by atoms with Gasteiger partial charge in [0.1, 0.15) is 11.7 Å². The highest BCUT2D eigenvalue weighted by Gasteiger charge is 2.19. The van der Waals surface area contributed by atoms with E-state index in [2.05, 4.69) is 5.32 Å². The maximum Gasteiger partial charge on any atom is 0.407 e. The highest BCUT2D eigenvalue weighted by molar-refractivity contribution is 5.67. The number of ether oxygens (including phenoxy) is 3. The lowest BCUT2D eigenvalue weighted by Gasteiger charge is -2.23. The minimum absolute atomic E-state index is 0.280. The topological polar surface area (TPSA) is 82.8 Å². The number of alkyl carbamates (subject to hydrolysis) is 1. The van der Waals surface area contributed by atoms with E-state index >= 15 is 0 Å². The van der Waals surface area contributed by atoms with E-state index in [1.807, 2.05) is 69.3 Å². The number of nitrogens with one attached hydrogen (secondary N) is 1. The average Bonchev–Trinajstić information content (AvgIpc) is 2.59. The molecule has 146 valence electrons. The van der Waals surface area contributed by atoms with Gasteiger partial charge in [0, 0.05) is 12.1 Å². The van der Waals surface area contributed by atoms with Gasteiger partial charge in [0.15, 0.2) is 11.5 Å². The third kappa shape index (κ3) is 7.09. The first kappa shape index (κ1) is 20.4. The fraction of sp³-hybridized carbons (Fsp3) is 0.381. The molecule has 0 bridgehead atoms. The van der Waals surface area contributed by atoms with E-state index < -0.39 is 11.7 Å². The van der Waals surface area contributed by atoms with E-state index in [-0.39, 0.29) is 12.6 Å². The zero-order valence-corrected chi connectivity index (χ0v) is 16.3. The van der Waals surface area contributed by atoms with E-state index in [4.69, 9.17) is 19.9 Å². The van der Waals surface area contributed by atoms with Crippen molar-refractivity contribution in [3.63, 3.8) is 0 Å². The Hall–Kier alpha value is -2.89. The maximum absolute atomic E-state index is 12.0. The van der Waals surface area contributed by atoms with E-state index in [0.717, 1.165) is 5.56 Å². The monoisotopic (exact) mass is 372 g/mol. The molecule has 0 spiro atoms. The average molecular weight is 372 g/mol. The number of nitrogens with two attached hydrogens (primary N) is 1. The van der Waals surface area contributed by atoms with Crippen molar-refractivity contribution in [2.24, 2.45) is 0 Å². The molecule has 0 aromatic heterocycles. The van der Waals surface area contributed by atoms with Crippen molar-refractivity contribution in [3.05, 3.63) is 54.1 Å². The van der Waals surface area contributed by atoms with Crippen molar-refractivity contribution in [2.45, 2.75) is 38.9 Å². The van der Waals surface area contributed by atoms with E-state index in [9.17, 15) is 4.79 Å². The second kappa shape index (κ2) is 9.16. The van der Waals surface area contributed by atoms with Crippen LogP contribution in [-0.2, 0) is 11.2 Å². The van der Waals surface area contributed by atoms with Crippen molar-refractivity contribution in [2.75, 3.05) is 19.4 Å². The van der Waals surface area contributed by atoms with Crippen LogP contribution in [0.1, 0.15) is 26.3 Å². The van der Waals surface area contributed by atoms with Crippen LogP contribution in [-0.4, -0.2) is 31.5 Å². The Labute approximate surface area is 160 Å². The Kier molecular flexibility index (Phi) is 6.93. The number of hydrogen-bond donors (Lipinski definition) is 2. The Morgan fingerprint density at radius 2 is 1.81 bits per heavy atom. The molecule has 2 rings (SSSR count). The van der Waals surface area contributed by atoms with Crippen LogP contribution >= 0.6 is 0 Å². The number of amides is 1. The molecule has 2 aromatic carbocycles. The lowest BCUT2D eigenvalue weighted by Crippen LogP contribution is -2.39. The molecule has 6 nitrogen and oxygen atoms in total. The van der Waals surface area contributed by atoms with Crippen molar-refractivity contribution in [3.8, 4) is 11.5 Å². The van der Waals surface area contributed by atoms with Crippen molar-refractivity contribution >= 4 is 11.8 Å². The number of anilines is 1. The van der Waals surface area contributed by atoms with Gasteiger partial charge in [-0.05, 0) is 50.6 Å². The second-order valence-electron chi connectivity index (χ2n) is 7.22. The molecule has 27 heavy (non-hydrogen) atoms. The van der Waals surface area contributed by atoms with Gasteiger partial charge in [-0.15, -0.1) is 0 Å². The fourth-order valence-electron chi connectivity index (χ4n) is 2.55. The highest BCUT2D eigenvalue weighted by atomic mass is 16.6. The third-order valence-corrected chi connectivity index (χ3v) is 3.65. The SMILES string of the molecule is COc1ccccc1OC(CNC(=O)OC(C)(C)C)Cc1cccc(N)c1. The molecule has 0 aliphatic carbocycles. The summed E-state index contributed by atoms with van der Waals surface area (Å²) in [5.74, 6) is 1.24. The number of carbonyl (C=O) groups is 1. The predicted octanol–water partition coefficient (Wildman–Crippen LogP) is 3.79. The summed E-state index contributed by atoms with van der Waals surface area (Å²) in [7, 11) is 1.59. The zero-order chi connectivity index (χ0) is 19.9. The van der Waals surface area contributed by atoms with Crippen LogP contribution in [0.2, 0.25) is 0 Å². The van der Waals surface area contributed by atoms with Crippen LogP contribution in [0.15, 0.2) is 48.5 Å². The quantitative estimate of drug-likeness (QED) is 0.723. The number of carbonyl (C=O) groups excluding carboxylic acids is 1. The number of methoxy groups -OCH3 is 1. The van der Waals surface area contributed by atoms with Gasteiger partial charge in [0.25, 0.3) is 0 Å². The summed E-state index contributed by atoms with van der Waals surface area (Å²) in [4.78, 5) is 12.0. The second-order valence-corrected chi connectivity index (χ2v) is 7.22. The first-order valence-corrected chi connectivity index (χ1v) is 8.88. The third-order valence-electron chi connectivity index (χ3n) is 3.65. The number of nitrogen functional groups attached to an aromatic ring is 1. The molecule has 1 amide bonds. The Morgan fingerprint density at radius 1 is 1.11 bits per heavy atom. The van der Waals surface area contributed by atoms with Gasteiger partial charge in [-0.2, -0.15) is 0 Å². The predicted molar refractivity (Wildman–Crippen MR) is 106 cm³/mol. The van der Waals surface area contributed by atoms with Gasteiger partial charge in [0.05, 0.1) is 13.7 Å². The molecule has 0 aliphatic rings. The molecule has 0 aliphatic heterocycles. The molecule has 0 saturated carbocycles. The molecule has 0 saturated heterocycles. The van der Waals surface area contributed by atoms with Crippen LogP contribution in [0.3, 0.4) is 0 Å². The molecule has 0 heterocycles. The summed E-state index contributed by atoms with van der Waals surface area (Å²) in [5.41, 5.74) is 7.01. The highest BCUT2D eigenvalue weighted by Crippen LogP contribution is 2.27. The van der Waals surface area contributed by atoms with Gasteiger partial charge in [-0.1, -0.05) is 24.3 Å². The molecule has 1 atom stereocenters. The fourth-order valence-corrected chi connectivity index (χ4v) is 2.55. The number of rotatable bonds is 7. The molecule has 0 fully saturated rings. The molecular formula is C21H28N2O4. The summed E-state index contributed by atoms with van der Waals surface area (Å²) < 4.78 is 16.8. The van der Waals surface area contributed by atoms with Crippen LogP contribution in [0.5, 0.6) is 11.5 Å². The van der Waals surface area contributed by atoms with Gasteiger partial charge >= 0.3 is 6.09 Å². The smallest absolute Gasteiger partial charge is 0.407 e. The van der Waals surface area contributed by atoms with Crippen molar-refractivity contribution in [1.82, 2.24) is 5.32 Å².